The average molecular weight is 1000 g/mol. The Labute approximate surface area is 415 Å². The highest BCUT2D eigenvalue weighted by Gasteiger charge is 2.41. The topological polar surface area (TPSA) is 155 Å². The van der Waals surface area contributed by atoms with E-state index in [1.165, 1.54) is 44.6 Å². The largest absolute Gasteiger partial charge is 0.464 e. The zero-order chi connectivity index (χ0) is 51.8. The number of alkyl halides is 5. The van der Waals surface area contributed by atoms with Gasteiger partial charge in [-0.25, -0.2) is 14.2 Å². The van der Waals surface area contributed by atoms with E-state index in [9.17, 15) is 37.1 Å². The summed E-state index contributed by atoms with van der Waals surface area (Å²) in [7, 11) is 1.49. The second-order valence-electron chi connectivity index (χ2n) is 20.6. The summed E-state index contributed by atoms with van der Waals surface area (Å²) in [5, 5.41) is 4.49. The number of carbonyl (C=O) groups is 5. The van der Waals surface area contributed by atoms with E-state index in [-0.39, 0.29) is 73.1 Å². The zero-order valence-electron chi connectivity index (χ0n) is 41.2. The Kier molecular flexibility index (Phi) is 15.3. The van der Waals surface area contributed by atoms with Crippen molar-refractivity contribution in [2.24, 2.45) is 17.3 Å². The van der Waals surface area contributed by atoms with Crippen molar-refractivity contribution < 1.29 is 55.4 Å². The van der Waals surface area contributed by atoms with Crippen LogP contribution >= 0.6 is 0 Å². The molecule has 14 nitrogen and oxygen atoms in total. The maximum Gasteiger partial charge on any atom is 0.406 e. The lowest BCUT2D eigenvalue weighted by molar-refractivity contribution is -0.155. The first-order chi connectivity index (χ1) is 34.1. The van der Waals surface area contributed by atoms with Crippen molar-refractivity contribution in [2.75, 3.05) is 39.9 Å². The molecule has 3 saturated heterocycles. The van der Waals surface area contributed by atoms with Crippen molar-refractivity contribution in [2.45, 2.75) is 116 Å². The molecule has 19 heteroatoms. The fourth-order valence-electron chi connectivity index (χ4n) is 10.8. The summed E-state index contributed by atoms with van der Waals surface area (Å²) in [6, 6.07) is 8.83. The van der Waals surface area contributed by atoms with E-state index < -0.39 is 84.0 Å². The van der Waals surface area contributed by atoms with Crippen LogP contribution in [0.25, 0.3) is 33.3 Å². The molecule has 4 aromatic rings. The van der Waals surface area contributed by atoms with Gasteiger partial charge < -0.3 is 29.2 Å². The molecule has 72 heavy (non-hydrogen) atoms. The molecule has 4 aliphatic heterocycles. The number of likely N-dealkylation sites (tertiary alicyclic amines) is 1. The maximum absolute atomic E-state index is 15.0. The lowest BCUT2D eigenvalue weighted by Gasteiger charge is -2.37. The summed E-state index contributed by atoms with van der Waals surface area (Å²) in [6.45, 7) is 10.2. The van der Waals surface area contributed by atoms with Crippen molar-refractivity contribution >= 4 is 40.5 Å². The van der Waals surface area contributed by atoms with Gasteiger partial charge in [-0.2, -0.15) is 13.2 Å². The van der Waals surface area contributed by atoms with Crippen LogP contribution in [0.15, 0.2) is 67.4 Å². The monoisotopic (exact) mass is 1000 g/mol. The first-order valence-corrected chi connectivity index (χ1v) is 24.6. The lowest BCUT2D eigenvalue weighted by Crippen LogP contribution is -2.62. The van der Waals surface area contributed by atoms with Crippen molar-refractivity contribution in [1.82, 2.24) is 35.1 Å². The van der Waals surface area contributed by atoms with Crippen molar-refractivity contribution in [1.29, 1.82) is 0 Å². The fourth-order valence-corrected chi connectivity index (χ4v) is 10.8. The van der Waals surface area contributed by atoms with E-state index in [1.807, 2.05) is 13.8 Å². The van der Waals surface area contributed by atoms with Gasteiger partial charge in [0.2, 0.25) is 17.7 Å². The number of likely N-dealkylation sites (N-methyl/N-ethyl adjacent to an activating group) is 1. The van der Waals surface area contributed by atoms with Crippen LogP contribution in [0.2, 0.25) is 0 Å². The number of nitrogens with zero attached hydrogens (tertiary/aromatic N) is 5. The van der Waals surface area contributed by atoms with E-state index in [2.05, 4.69) is 22.3 Å². The number of carbonyl (C=O) groups excluding carboxylic acids is 5. The molecular formula is C53H62F5N7O7. The van der Waals surface area contributed by atoms with Crippen LogP contribution in [-0.2, 0) is 52.8 Å². The van der Waals surface area contributed by atoms with Crippen LogP contribution in [0.1, 0.15) is 94.7 Å². The molecule has 4 aliphatic rings. The number of esters is 1. The van der Waals surface area contributed by atoms with E-state index in [0.29, 0.717) is 60.2 Å². The smallest absolute Gasteiger partial charge is 0.406 e. The molecule has 0 aliphatic carbocycles. The molecule has 0 saturated carbocycles. The van der Waals surface area contributed by atoms with Gasteiger partial charge in [0, 0.05) is 73.4 Å². The van der Waals surface area contributed by atoms with Gasteiger partial charge in [-0.3, -0.25) is 34.0 Å². The molecule has 6 heterocycles. The second kappa shape index (κ2) is 21.1. The number of hydrogen-bond acceptors (Lipinski definition) is 9. The highest BCUT2D eigenvalue weighted by molar-refractivity contribution is 5.96. The normalized spacial score (nSPS) is 22.2. The highest BCUT2D eigenvalue weighted by Crippen LogP contribution is 2.44. The number of ether oxygens (including phenoxy) is 2. The molecule has 0 radical (unpaired) electrons. The minimum absolute atomic E-state index is 0.110. The molecule has 3 fully saturated rings. The number of aromatic nitrogens is 2. The van der Waals surface area contributed by atoms with E-state index in [4.69, 9.17) is 9.47 Å². The number of nitrogens with one attached hydrogen (secondary N) is 2. The predicted octanol–water partition coefficient (Wildman–Crippen LogP) is 7.89. The summed E-state index contributed by atoms with van der Waals surface area (Å²) in [4.78, 5) is 77.0. The van der Waals surface area contributed by atoms with Crippen molar-refractivity contribution in [3.05, 3.63) is 89.8 Å². The number of hydrogen-bond donors (Lipinski definition) is 2. The number of rotatable bonds is 10. The predicted molar refractivity (Wildman–Crippen MR) is 258 cm³/mol. The molecule has 0 unspecified atom stereocenters. The first-order valence-electron chi connectivity index (χ1n) is 24.6. The van der Waals surface area contributed by atoms with Crippen LogP contribution in [-0.4, -0.2) is 118 Å². The van der Waals surface area contributed by atoms with Crippen molar-refractivity contribution in [3.8, 4) is 22.4 Å². The standard InChI is InChI=1S/C53H62F5N7O7/c1-7-43(66)63-19-16-33(27-63)49(68)62(6)45(30(2)3)48(67)60-40-23-31-21-34(24-35(22-31)47(54)55)32-14-15-41-37(25-32)38(26-52(4,5)29-72-51(70)39-12-9-18-65(61-39)50(40)69)46(64(41)28-53(56,57)58)36-11-8-17-59-44(36)42-13-10-20-71-42/h7-8,11,14-15,17,21-22,24-25,30,33,39-40,42,45,47,61H,1,9-10,12-13,16,18-20,23,26-29H2,2-6H3,(H,60,67)/t33-,39-,40-,42-,45-/m0/s1. The third kappa shape index (κ3) is 11.2. The Balaban J connectivity index is 1.25. The van der Waals surface area contributed by atoms with E-state index in [1.54, 1.807) is 56.4 Å². The summed E-state index contributed by atoms with van der Waals surface area (Å²) >= 11 is 0. The summed E-state index contributed by atoms with van der Waals surface area (Å²) < 4.78 is 87.7. The molecule has 8 rings (SSSR count). The Morgan fingerprint density at radius 3 is 2.50 bits per heavy atom. The van der Waals surface area contributed by atoms with Crippen molar-refractivity contribution in [3.63, 3.8) is 0 Å². The molecule has 386 valence electrons. The number of pyridine rings is 1. The number of hydrazine groups is 1. The maximum atomic E-state index is 15.0. The minimum atomic E-state index is -4.67. The van der Waals surface area contributed by atoms with Gasteiger partial charge in [0.15, 0.2) is 0 Å². The van der Waals surface area contributed by atoms with Gasteiger partial charge >= 0.3 is 12.1 Å². The number of benzene rings is 2. The third-order valence-corrected chi connectivity index (χ3v) is 14.2. The molecule has 4 amide bonds. The number of amides is 4. The second-order valence-corrected chi connectivity index (χ2v) is 20.6. The van der Waals surface area contributed by atoms with Gasteiger partial charge in [-0.15, -0.1) is 0 Å². The van der Waals surface area contributed by atoms with Gasteiger partial charge in [0.25, 0.3) is 12.3 Å². The Bertz CT molecular complexity index is 2730. The number of cyclic esters (lactones) is 1. The van der Waals surface area contributed by atoms with Crippen LogP contribution < -0.4 is 10.7 Å². The molecule has 5 atom stereocenters. The fraction of sp³-hybridized carbons (Fsp3) is 0.509. The number of halogens is 5. The van der Waals surface area contributed by atoms with Crippen LogP contribution in [0.5, 0.6) is 0 Å². The lowest BCUT2D eigenvalue weighted by atomic mass is 9.84. The summed E-state index contributed by atoms with van der Waals surface area (Å²) in [5.74, 6) is -3.79. The quantitative estimate of drug-likeness (QED) is 0.0917. The van der Waals surface area contributed by atoms with E-state index >= 15 is 8.78 Å². The molecule has 0 spiro atoms. The third-order valence-electron chi connectivity index (χ3n) is 14.2. The van der Waals surface area contributed by atoms with Crippen LogP contribution in [0.4, 0.5) is 22.0 Å². The highest BCUT2D eigenvalue weighted by atomic mass is 19.4. The van der Waals surface area contributed by atoms with Gasteiger partial charge in [-0.05, 0) is 103 Å². The average Bonchev–Trinajstić information content (AvgIpc) is 4.12. The van der Waals surface area contributed by atoms with Gasteiger partial charge in [0.1, 0.15) is 30.8 Å². The molecule has 6 bridgehead atoms. The first kappa shape index (κ1) is 52.1. The Hall–Kier alpha value is -6.21. The number of fused-ring (bicyclic) bond motifs is 6. The van der Waals surface area contributed by atoms with E-state index in [0.717, 1.165) is 6.42 Å². The van der Waals surface area contributed by atoms with Gasteiger partial charge in [-0.1, -0.05) is 52.5 Å². The molecule has 2 aromatic carbocycles. The minimum Gasteiger partial charge on any atom is -0.464 e. The molecular weight excluding hydrogens is 942 g/mol. The SMILES string of the molecule is C=CC(=O)N1CC[C@H](C(=O)N(C)[C@H](C(=O)N[C@H]2Cc3cc(cc(C(F)F)c3)-c3ccc4c(c3)c(c(-c3cccnc3[C@@H]3CCCO3)n4CC(F)(F)F)CC(C)(C)COC(=O)[C@@H]3CCCN(N3)C2=O)C(C)C)C1. The summed E-state index contributed by atoms with van der Waals surface area (Å²) in [6.07, 6.45) is -3.20. The molecule has 2 N–H and O–H groups in total. The zero-order valence-corrected chi connectivity index (χ0v) is 41.2. The summed E-state index contributed by atoms with van der Waals surface area (Å²) in [5.41, 5.74) is 4.53. The Morgan fingerprint density at radius 2 is 1.81 bits per heavy atom. The van der Waals surface area contributed by atoms with Crippen LogP contribution in [0.3, 0.4) is 0 Å². The molecule has 2 aromatic heterocycles. The van der Waals surface area contributed by atoms with Gasteiger partial charge in [0.05, 0.1) is 23.9 Å². The van der Waals surface area contributed by atoms with Crippen LogP contribution in [0, 0.1) is 17.3 Å². The Morgan fingerprint density at radius 1 is 1.03 bits per heavy atom.